The van der Waals surface area contributed by atoms with Gasteiger partial charge in [-0.2, -0.15) is 0 Å². The van der Waals surface area contributed by atoms with Crippen molar-refractivity contribution < 1.29 is 9.59 Å². The van der Waals surface area contributed by atoms with E-state index in [0.717, 1.165) is 36.2 Å². The van der Waals surface area contributed by atoms with Crippen LogP contribution in [0.4, 0.5) is 5.69 Å². The highest BCUT2D eigenvalue weighted by atomic mass is 79.9. The van der Waals surface area contributed by atoms with Crippen LogP contribution in [-0.4, -0.2) is 49.9 Å². The number of rotatable bonds is 4. The summed E-state index contributed by atoms with van der Waals surface area (Å²) in [6, 6.07) is 7.67. The highest BCUT2D eigenvalue weighted by Crippen LogP contribution is 2.29. The second-order valence-electron chi connectivity index (χ2n) is 6.31. The Morgan fingerprint density at radius 3 is 2.91 bits per heavy atom. The largest absolute Gasteiger partial charge is 0.342 e. The Morgan fingerprint density at radius 2 is 2.17 bits per heavy atom. The monoisotopic (exact) mass is 379 g/mol. The molecule has 1 aromatic rings. The number of carbonyl (C=O) groups excluding carboxylic acids is 2. The van der Waals surface area contributed by atoms with Gasteiger partial charge in [0.25, 0.3) is 0 Å². The van der Waals surface area contributed by atoms with Crippen molar-refractivity contribution in [3.05, 3.63) is 28.7 Å². The van der Waals surface area contributed by atoms with E-state index in [2.05, 4.69) is 21.2 Å². The molecule has 2 aliphatic heterocycles. The molecule has 5 nitrogen and oxygen atoms in total. The van der Waals surface area contributed by atoms with Crippen LogP contribution in [0.1, 0.15) is 12.8 Å². The molecule has 2 atom stereocenters. The first-order chi connectivity index (χ1) is 11.1. The van der Waals surface area contributed by atoms with Gasteiger partial charge >= 0.3 is 0 Å². The highest BCUT2D eigenvalue weighted by molar-refractivity contribution is 9.10. The fraction of sp³-hybridized carbons (Fsp3) is 0.529. The lowest BCUT2D eigenvalue weighted by atomic mass is 10.1. The van der Waals surface area contributed by atoms with E-state index in [1.54, 1.807) is 4.90 Å². The van der Waals surface area contributed by atoms with E-state index in [-0.39, 0.29) is 11.8 Å². The molecule has 2 aliphatic rings. The number of hydrogen-bond acceptors (Lipinski definition) is 3. The van der Waals surface area contributed by atoms with E-state index in [1.807, 2.05) is 36.2 Å². The zero-order chi connectivity index (χ0) is 16.4. The van der Waals surface area contributed by atoms with Gasteiger partial charge in [-0.3, -0.25) is 9.59 Å². The van der Waals surface area contributed by atoms with E-state index >= 15 is 0 Å². The molecular formula is C17H22BrN3O2. The fourth-order valence-corrected chi connectivity index (χ4v) is 3.91. The average molecular weight is 380 g/mol. The summed E-state index contributed by atoms with van der Waals surface area (Å²) in [7, 11) is 1.93. The molecule has 0 radical (unpaired) electrons. The fourth-order valence-electron chi connectivity index (χ4n) is 3.52. The number of carbonyl (C=O) groups is 2. The standard InChI is InChI=1S/C17H22BrN3O2/c1-19-10-12-5-7-20(11-12)16(22)15-6-8-21(17(15)23)14-4-2-3-13(18)9-14/h2-4,9,12,15,19H,5-8,10-11H2,1H3/t12-,15+/m1/s1. The molecule has 2 heterocycles. The number of halogens is 1. The van der Waals surface area contributed by atoms with E-state index < -0.39 is 5.92 Å². The third kappa shape index (κ3) is 3.43. The predicted molar refractivity (Wildman–Crippen MR) is 93.2 cm³/mol. The summed E-state index contributed by atoms with van der Waals surface area (Å²) in [6.07, 6.45) is 1.63. The molecule has 23 heavy (non-hydrogen) atoms. The molecule has 6 heteroatoms. The van der Waals surface area contributed by atoms with Crippen molar-refractivity contribution in [2.45, 2.75) is 12.8 Å². The van der Waals surface area contributed by atoms with E-state index in [0.29, 0.717) is 18.9 Å². The van der Waals surface area contributed by atoms with Crippen molar-refractivity contribution in [2.75, 3.05) is 38.1 Å². The van der Waals surface area contributed by atoms with Crippen molar-refractivity contribution in [3.8, 4) is 0 Å². The number of nitrogens with zero attached hydrogens (tertiary/aromatic N) is 2. The number of likely N-dealkylation sites (tertiary alicyclic amines) is 1. The average Bonchev–Trinajstić information content (AvgIpc) is 3.14. The number of amides is 2. The summed E-state index contributed by atoms with van der Waals surface area (Å²) in [4.78, 5) is 29.0. The van der Waals surface area contributed by atoms with Crippen LogP contribution in [0.5, 0.6) is 0 Å². The molecule has 2 fully saturated rings. The van der Waals surface area contributed by atoms with Crippen LogP contribution in [0.15, 0.2) is 28.7 Å². The second-order valence-corrected chi connectivity index (χ2v) is 7.22. The lowest BCUT2D eigenvalue weighted by molar-refractivity contribution is -0.139. The van der Waals surface area contributed by atoms with Crippen LogP contribution in [0, 0.1) is 11.8 Å². The lowest BCUT2D eigenvalue weighted by Crippen LogP contribution is -2.39. The Balaban J connectivity index is 1.66. The molecule has 2 amide bonds. The lowest BCUT2D eigenvalue weighted by Gasteiger charge is -2.21. The molecule has 1 aromatic carbocycles. The number of anilines is 1. The minimum absolute atomic E-state index is 0.00565. The summed E-state index contributed by atoms with van der Waals surface area (Å²) in [5.74, 6) is -0.0692. The molecule has 3 rings (SSSR count). The highest BCUT2D eigenvalue weighted by Gasteiger charge is 2.41. The van der Waals surface area contributed by atoms with Crippen LogP contribution in [0.25, 0.3) is 0 Å². The van der Waals surface area contributed by atoms with Crippen LogP contribution in [-0.2, 0) is 9.59 Å². The molecule has 0 spiro atoms. The molecule has 0 aromatic heterocycles. The minimum Gasteiger partial charge on any atom is -0.342 e. The SMILES string of the molecule is CNC[C@H]1CCN(C(=O)[C@@H]2CCN(c3cccc(Br)c3)C2=O)C1. The Morgan fingerprint density at radius 1 is 1.35 bits per heavy atom. The van der Waals surface area contributed by atoms with Gasteiger partial charge in [-0.1, -0.05) is 22.0 Å². The van der Waals surface area contributed by atoms with Crippen molar-refractivity contribution in [1.29, 1.82) is 0 Å². The maximum atomic E-state index is 12.7. The second kappa shape index (κ2) is 7.01. The summed E-state index contributed by atoms with van der Waals surface area (Å²) in [5, 5.41) is 3.16. The molecule has 0 aliphatic carbocycles. The zero-order valence-corrected chi connectivity index (χ0v) is 14.9. The zero-order valence-electron chi connectivity index (χ0n) is 13.3. The topological polar surface area (TPSA) is 52.7 Å². The minimum atomic E-state index is -0.512. The number of nitrogens with one attached hydrogen (secondary N) is 1. The van der Waals surface area contributed by atoms with Crippen LogP contribution < -0.4 is 10.2 Å². The van der Waals surface area contributed by atoms with Gasteiger partial charge in [-0.25, -0.2) is 0 Å². The summed E-state index contributed by atoms with van der Waals surface area (Å²) in [5.41, 5.74) is 0.856. The third-order valence-electron chi connectivity index (χ3n) is 4.71. The van der Waals surface area contributed by atoms with E-state index in [1.165, 1.54) is 0 Å². The quantitative estimate of drug-likeness (QED) is 0.812. The first-order valence-electron chi connectivity index (χ1n) is 8.10. The molecule has 0 bridgehead atoms. The van der Waals surface area contributed by atoms with Gasteiger partial charge in [0.1, 0.15) is 5.92 Å². The van der Waals surface area contributed by atoms with Gasteiger partial charge in [0.2, 0.25) is 11.8 Å². The summed E-state index contributed by atoms with van der Waals surface area (Å²) < 4.78 is 0.937. The first-order valence-corrected chi connectivity index (χ1v) is 8.89. The molecule has 124 valence electrons. The van der Waals surface area contributed by atoms with Gasteiger partial charge in [-0.15, -0.1) is 0 Å². The van der Waals surface area contributed by atoms with Crippen LogP contribution >= 0.6 is 15.9 Å². The molecule has 2 saturated heterocycles. The molecular weight excluding hydrogens is 358 g/mol. The van der Waals surface area contributed by atoms with Crippen molar-refractivity contribution >= 4 is 33.4 Å². The van der Waals surface area contributed by atoms with Gasteiger partial charge in [0.15, 0.2) is 0 Å². The van der Waals surface area contributed by atoms with E-state index in [4.69, 9.17) is 0 Å². The van der Waals surface area contributed by atoms with Gasteiger partial charge < -0.3 is 15.1 Å². The molecule has 1 N–H and O–H groups in total. The summed E-state index contributed by atoms with van der Waals surface area (Å²) in [6.45, 7) is 3.07. The maximum absolute atomic E-state index is 12.7. The smallest absolute Gasteiger partial charge is 0.239 e. The predicted octanol–water partition coefficient (Wildman–Crippen LogP) is 1.87. The van der Waals surface area contributed by atoms with E-state index in [9.17, 15) is 9.59 Å². The van der Waals surface area contributed by atoms with Gasteiger partial charge in [-0.05, 0) is 50.6 Å². The maximum Gasteiger partial charge on any atom is 0.239 e. The van der Waals surface area contributed by atoms with Gasteiger partial charge in [0, 0.05) is 29.8 Å². The molecule has 0 unspecified atom stereocenters. The van der Waals surface area contributed by atoms with Gasteiger partial charge in [0.05, 0.1) is 0 Å². The van der Waals surface area contributed by atoms with Crippen molar-refractivity contribution in [2.24, 2.45) is 11.8 Å². The Labute approximate surface area is 145 Å². The Bertz CT molecular complexity index is 607. The normalized spacial score (nSPS) is 24.5. The third-order valence-corrected chi connectivity index (χ3v) is 5.21. The molecule has 0 saturated carbocycles. The van der Waals surface area contributed by atoms with Crippen LogP contribution in [0.2, 0.25) is 0 Å². The van der Waals surface area contributed by atoms with Crippen molar-refractivity contribution in [1.82, 2.24) is 10.2 Å². The van der Waals surface area contributed by atoms with Crippen LogP contribution in [0.3, 0.4) is 0 Å². The number of benzene rings is 1. The number of hydrogen-bond donors (Lipinski definition) is 1. The Hall–Kier alpha value is -1.40. The first kappa shape index (κ1) is 16.5. The summed E-state index contributed by atoms with van der Waals surface area (Å²) >= 11 is 3.43. The Kier molecular flexibility index (Phi) is 5.02. The van der Waals surface area contributed by atoms with Crippen molar-refractivity contribution in [3.63, 3.8) is 0 Å².